The van der Waals surface area contributed by atoms with E-state index in [2.05, 4.69) is 16.0 Å². The van der Waals surface area contributed by atoms with Crippen molar-refractivity contribution in [3.8, 4) is 0 Å². The van der Waals surface area contributed by atoms with Gasteiger partial charge in [-0.1, -0.05) is 42.5 Å². The molecule has 3 aromatic rings. The lowest BCUT2D eigenvalue weighted by atomic mass is 10.1. The van der Waals surface area contributed by atoms with Gasteiger partial charge in [0.15, 0.2) is 0 Å². The van der Waals surface area contributed by atoms with Gasteiger partial charge in [0.1, 0.15) is 13.1 Å². The molecule has 0 spiro atoms. The van der Waals surface area contributed by atoms with Crippen LogP contribution >= 0.6 is 0 Å². The number of anilines is 2. The van der Waals surface area contributed by atoms with Crippen molar-refractivity contribution >= 4 is 34.1 Å². The minimum absolute atomic E-state index is 0.0298. The number of amides is 2. The lowest BCUT2D eigenvalue weighted by Gasteiger charge is -2.32. The Morgan fingerprint density at radius 1 is 0.900 bits per heavy atom. The van der Waals surface area contributed by atoms with E-state index >= 15 is 0 Å². The Hall–Kier alpha value is -3.41. The molecule has 2 aliphatic heterocycles. The predicted molar refractivity (Wildman–Crippen MR) is 116 cm³/mol. The molecule has 0 bridgehead atoms. The van der Waals surface area contributed by atoms with E-state index in [0.29, 0.717) is 19.6 Å². The number of aromatic amines is 1. The van der Waals surface area contributed by atoms with Gasteiger partial charge < -0.3 is 9.80 Å². The molecule has 5 rings (SSSR count). The topological polar surface area (TPSA) is 58.0 Å². The molecule has 2 fully saturated rings. The molecule has 2 aromatic carbocycles. The van der Waals surface area contributed by atoms with Crippen molar-refractivity contribution in [3.05, 3.63) is 66.9 Å². The largest absolute Gasteiger partial charge is 0.335 e. The first kappa shape index (κ1) is 18.6. The number of pyridine rings is 1. The second kappa shape index (κ2) is 7.78. The summed E-state index contributed by atoms with van der Waals surface area (Å²) in [6, 6.07) is 20.1. The lowest BCUT2D eigenvalue weighted by molar-refractivity contribution is -0.364. The number of nitrogens with one attached hydrogen (secondary N) is 1. The molecular weight excluding hydrogens is 376 g/mol. The average Bonchev–Trinajstić information content (AvgIpc) is 3.20. The molecule has 2 aliphatic rings. The van der Waals surface area contributed by atoms with Crippen LogP contribution in [0.4, 0.5) is 11.5 Å². The van der Waals surface area contributed by atoms with Gasteiger partial charge in [-0.2, -0.15) is 0 Å². The van der Waals surface area contributed by atoms with Crippen LogP contribution < -0.4 is 14.8 Å². The first-order valence-corrected chi connectivity index (χ1v) is 10.5. The molecule has 0 saturated carbocycles. The number of rotatable bonds is 3. The zero-order valence-corrected chi connectivity index (χ0v) is 16.8. The van der Waals surface area contributed by atoms with Gasteiger partial charge in [0, 0.05) is 24.4 Å². The molecule has 6 heteroatoms. The number of aromatic nitrogens is 1. The van der Waals surface area contributed by atoms with Gasteiger partial charge in [0.2, 0.25) is 11.8 Å². The van der Waals surface area contributed by atoms with Gasteiger partial charge in [-0.05, 0) is 17.5 Å². The Bertz CT molecular complexity index is 1070. The van der Waals surface area contributed by atoms with Crippen molar-refractivity contribution in [2.45, 2.75) is 6.42 Å². The highest BCUT2D eigenvalue weighted by Crippen LogP contribution is 2.32. The fourth-order valence-corrected chi connectivity index (χ4v) is 4.56. The van der Waals surface area contributed by atoms with Crippen molar-refractivity contribution < 1.29 is 14.6 Å². The fourth-order valence-electron chi connectivity index (χ4n) is 4.56. The molecule has 0 radical (unpaired) electrons. The van der Waals surface area contributed by atoms with Crippen LogP contribution in [0.15, 0.2) is 66.9 Å². The monoisotopic (exact) mass is 401 g/mol. The van der Waals surface area contributed by atoms with Crippen LogP contribution in [-0.2, 0) is 9.59 Å². The number of carbonyl (C=O) groups is 2. The van der Waals surface area contributed by atoms with E-state index in [0.717, 1.165) is 35.4 Å². The van der Waals surface area contributed by atoms with Crippen LogP contribution in [0.1, 0.15) is 6.42 Å². The highest BCUT2D eigenvalue weighted by Gasteiger charge is 2.39. The van der Waals surface area contributed by atoms with E-state index in [4.69, 9.17) is 0 Å². The van der Waals surface area contributed by atoms with Gasteiger partial charge in [-0.15, -0.1) is 0 Å². The summed E-state index contributed by atoms with van der Waals surface area (Å²) >= 11 is 0. The van der Waals surface area contributed by atoms with Gasteiger partial charge >= 0.3 is 0 Å². The van der Waals surface area contributed by atoms with E-state index in [9.17, 15) is 9.59 Å². The number of hydrogen-bond donors (Lipinski definition) is 0. The minimum Gasteiger partial charge on any atom is -0.335 e. The van der Waals surface area contributed by atoms with Crippen LogP contribution in [-0.4, -0.2) is 49.4 Å². The summed E-state index contributed by atoms with van der Waals surface area (Å²) in [6.07, 6.45) is 2.20. The van der Waals surface area contributed by atoms with Crippen molar-refractivity contribution in [3.63, 3.8) is 0 Å². The predicted octanol–water partition coefficient (Wildman–Crippen LogP) is 2.36. The zero-order chi connectivity index (χ0) is 20.5. The number of benzene rings is 2. The summed E-state index contributed by atoms with van der Waals surface area (Å²) in [7, 11) is 0. The Kier molecular flexibility index (Phi) is 4.83. The van der Waals surface area contributed by atoms with Crippen molar-refractivity contribution in [2.75, 3.05) is 42.5 Å². The summed E-state index contributed by atoms with van der Waals surface area (Å²) in [5, 5.41) is 2.15. The molecular formula is C24H25N4O2+. The summed E-state index contributed by atoms with van der Waals surface area (Å²) in [4.78, 5) is 35.2. The van der Waals surface area contributed by atoms with E-state index in [1.54, 1.807) is 4.90 Å². The van der Waals surface area contributed by atoms with E-state index < -0.39 is 0 Å². The number of H-pyrrole nitrogens is 1. The zero-order valence-electron chi connectivity index (χ0n) is 16.8. The number of carbonyl (C=O) groups excluding carboxylic acids is 2. The minimum atomic E-state index is -0.272. The van der Waals surface area contributed by atoms with Gasteiger partial charge in [-0.25, -0.2) is 4.98 Å². The third-order valence-electron chi connectivity index (χ3n) is 6.16. The van der Waals surface area contributed by atoms with Gasteiger partial charge in [0.25, 0.3) is 5.82 Å². The van der Waals surface area contributed by atoms with Crippen LogP contribution in [0.2, 0.25) is 0 Å². The highest BCUT2D eigenvalue weighted by atomic mass is 16.2. The van der Waals surface area contributed by atoms with Crippen molar-refractivity contribution in [1.82, 2.24) is 4.90 Å². The van der Waals surface area contributed by atoms with Gasteiger partial charge in [-0.3, -0.25) is 14.5 Å². The number of fused-ring (bicyclic) bond motifs is 1. The van der Waals surface area contributed by atoms with E-state index in [-0.39, 0.29) is 24.2 Å². The maximum atomic E-state index is 13.2. The molecule has 0 unspecified atom stereocenters. The second-order valence-electron chi connectivity index (χ2n) is 7.96. The number of hydrogen-bond acceptors (Lipinski definition) is 3. The Morgan fingerprint density at radius 3 is 2.47 bits per heavy atom. The number of nitrogens with zero attached hydrogens (tertiary/aromatic N) is 3. The van der Waals surface area contributed by atoms with Crippen molar-refractivity contribution in [1.29, 1.82) is 0 Å². The van der Waals surface area contributed by atoms with Crippen LogP contribution in [0, 0.1) is 5.92 Å². The first-order chi connectivity index (χ1) is 14.7. The van der Waals surface area contributed by atoms with E-state index in [1.807, 2.05) is 65.7 Å². The Morgan fingerprint density at radius 2 is 1.67 bits per heavy atom. The highest BCUT2D eigenvalue weighted by molar-refractivity contribution is 6.07. The summed E-state index contributed by atoms with van der Waals surface area (Å²) in [5.74, 6) is 0.930. The molecule has 0 aliphatic carbocycles. The molecule has 2 saturated heterocycles. The fraction of sp³-hybridized carbons (Fsp3) is 0.292. The standard InChI is InChI=1S/C24H24N4O2/c29-23-16-19(17-28(23)21-9-5-7-18-6-1-2-8-20(18)21)24(30)27-14-12-26(13-15-27)22-10-3-4-11-25-22/h1-11,19H,12-17H2/p+1/t19-/m0/s1. The molecule has 3 heterocycles. The molecule has 30 heavy (non-hydrogen) atoms. The molecule has 6 nitrogen and oxygen atoms in total. The second-order valence-corrected chi connectivity index (χ2v) is 7.96. The normalized spacial score (nSPS) is 19.5. The molecule has 1 N–H and O–H groups in total. The SMILES string of the molecule is O=C([C@H]1CC(=O)N(c2cccc3ccccc23)C1)N1CCN(c2cccc[nH+]2)CC1. The molecule has 2 amide bonds. The average molecular weight is 401 g/mol. The summed E-state index contributed by atoms with van der Waals surface area (Å²) < 4.78 is 0. The maximum Gasteiger partial charge on any atom is 0.274 e. The number of piperazine rings is 1. The summed E-state index contributed by atoms with van der Waals surface area (Å²) in [6.45, 7) is 3.40. The molecule has 152 valence electrons. The van der Waals surface area contributed by atoms with E-state index in [1.165, 1.54) is 0 Å². The quantitative estimate of drug-likeness (QED) is 0.677. The smallest absolute Gasteiger partial charge is 0.274 e. The summed E-state index contributed by atoms with van der Waals surface area (Å²) in [5.41, 5.74) is 0.901. The third-order valence-corrected chi connectivity index (χ3v) is 6.16. The molecule has 1 atom stereocenters. The lowest BCUT2D eigenvalue weighted by Crippen LogP contribution is -2.51. The first-order valence-electron chi connectivity index (χ1n) is 10.5. The maximum absolute atomic E-state index is 13.2. The third kappa shape index (κ3) is 3.38. The molecule has 1 aromatic heterocycles. The van der Waals surface area contributed by atoms with Crippen LogP contribution in [0.25, 0.3) is 10.8 Å². The van der Waals surface area contributed by atoms with Crippen molar-refractivity contribution in [2.24, 2.45) is 5.92 Å². The van der Waals surface area contributed by atoms with Gasteiger partial charge in [0.05, 0.1) is 30.9 Å². The van der Waals surface area contributed by atoms with Crippen LogP contribution in [0.5, 0.6) is 0 Å². The Labute approximate surface area is 175 Å². The Balaban J connectivity index is 1.27. The van der Waals surface area contributed by atoms with Crippen LogP contribution in [0.3, 0.4) is 0 Å².